The third-order valence-corrected chi connectivity index (χ3v) is 1.07. The zero-order valence-corrected chi connectivity index (χ0v) is 6.27. The summed E-state index contributed by atoms with van der Waals surface area (Å²) in [7, 11) is 0. The minimum Gasteiger partial charge on any atom is -0.478 e. The van der Waals surface area contributed by atoms with Gasteiger partial charge < -0.3 is 16.2 Å². The summed E-state index contributed by atoms with van der Waals surface area (Å²) in [6.07, 6.45) is 0. The van der Waals surface area contributed by atoms with E-state index in [9.17, 15) is 4.79 Å². The maximum atomic E-state index is 10.3. The normalized spacial score (nSPS) is 12.2. The molecule has 0 atom stereocenters. The molecular formula is C5H8N2O2S. The minimum absolute atomic E-state index is 0.0972. The van der Waals surface area contributed by atoms with Gasteiger partial charge in [-0.2, -0.15) is 0 Å². The summed E-state index contributed by atoms with van der Waals surface area (Å²) < 4.78 is 0. The van der Waals surface area contributed by atoms with Crippen molar-refractivity contribution in [3.05, 3.63) is 10.6 Å². The lowest BCUT2D eigenvalue weighted by molar-refractivity contribution is -0.132. The number of thiol groups is 1. The molecule has 0 unspecified atom stereocenters. The first-order valence-corrected chi connectivity index (χ1v) is 2.89. The fourth-order valence-electron chi connectivity index (χ4n) is 0.462. The molecule has 0 aliphatic rings. The van der Waals surface area contributed by atoms with Crippen LogP contribution in [-0.4, -0.2) is 16.8 Å². The molecule has 0 aromatic heterocycles. The lowest BCUT2D eigenvalue weighted by Crippen LogP contribution is -2.13. The maximum Gasteiger partial charge on any atom is 0.340 e. The molecule has 0 aromatic rings. The van der Waals surface area contributed by atoms with Crippen molar-refractivity contribution in [1.82, 2.24) is 0 Å². The van der Waals surface area contributed by atoms with Crippen molar-refractivity contribution in [3.8, 4) is 0 Å². The van der Waals surface area contributed by atoms with Gasteiger partial charge in [-0.15, -0.1) is 12.6 Å². The Morgan fingerprint density at radius 3 is 2.10 bits per heavy atom. The van der Waals surface area contributed by atoms with Crippen LogP contribution >= 0.6 is 12.6 Å². The molecule has 0 fully saturated rings. The SMILES string of the molecule is CC(=N)/C(C(=O)O)=C(/N)S. The van der Waals surface area contributed by atoms with Crippen LogP contribution in [0.1, 0.15) is 6.92 Å². The molecule has 0 radical (unpaired) electrons. The number of carboxylic acid groups (broad SMARTS) is 1. The van der Waals surface area contributed by atoms with Crippen LogP contribution in [-0.2, 0) is 4.79 Å². The molecular weight excluding hydrogens is 152 g/mol. The molecule has 0 heterocycles. The Morgan fingerprint density at radius 2 is 2.10 bits per heavy atom. The smallest absolute Gasteiger partial charge is 0.340 e. The van der Waals surface area contributed by atoms with E-state index in [0.717, 1.165) is 0 Å². The van der Waals surface area contributed by atoms with E-state index < -0.39 is 5.97 Å². The Labute approximate surface area is 63.6 Å². The second-order valence-corrected chi connectivity index (χ2v) is 2.17. The summed E-state index contributed by atoms with van der Waals surface area (Å²) in [6.45, 7) is 1.34. The third-order valence-electron chi connectivity index (χ3n) is 0.845. The van der Waals surface area contributed by atoms with Gasteiger partial charge in [-0.05, 0) is 6.92 Å². The highest BCUT2D eigenvalue weighted by Gasteiger charge is 2.11. The molecule has 4 N–H and O–H groups in total. The summed E-state index contributed by atoms with van der Waals surface area (Å²) in [4.78, 5) is 10.3. The quantitative estimate of drug-likeness (QED) is 0.264. The second-order valence-electron chi connectivity index (χ2n) is 1.69. The molecule has 0 bridgehead atoms. The van der Waals surface area contributed by atoms with Crippen molar-refractivity contribution < 1.29 is 9.90 Å². The van der Waals surface area contributed by atoms with Crippen LogP contribution in [0, 0.1) is 5.41 Å². The number of carbonyl (C=O) groups is 1. The first kappa shape index (κ1) is 9.03. The van der Waals surface area contributed by atoms with Gasteiger partial charge in [-0.3, -0.25) is 0 Å². The number of hydrogen-bond donors (Lipinski definition) is 4. The Hall–Kier alpha value is -0.970. The highest BCUT2D eigenvalue weighted by molar-refractivity contribution is 7.84. The van der Waals surface area contributed by atoms with Crippen molar-refractivity contribution in [1.29, 1.82) is 5.41 Å². The first-order chi connectivity index (χ1) is 4.46. The van der Waals surface area contributed by atoms with Crippen LogP contribution in [0.5, 0.6) is 0 Å². The Bertz CT molecular complexity index is 190. The molecule has 5 heteroatoms. The molecule has 0 aliphatic carbocycles. The van der Waals surface area contributed by atoms with Gasteiger partial charge in [0.25, 0.3) is 0 Å². The van der Waals surface area contributed by atoms with E-state index in [1.807, 2.05) is 0 Å². The van der Waals surface area contributed by atoms with Gasteiger partial charge in [0, 0.05) is 5.71 Å². The van der Waals surface area contributed by atoms with E-state index in [4.69, 9.17) is 16.2 Å². The molecule has 10 heavy (non-hydrogen) atoms. The lowest BCUT2D eigenvalue weighted by Gasteiger charge is -1.99. The molecule has 0 saturated carbocycles. The predicted molar refractivity (Wildman–Crippen MR) is 41.2 cm³/mol. The zero-order chi connectivity index (χ0) is 8.31. The van der Waals surface area contributed by atoms with Gasteiger partial charge in [0.15, 0.2) is 0 Å². The van der Waals surface area contributed by atoms with Gasteiger partial charge in [0.1, 0.15) is 5.57 Å². The van der Waals surface area contributed by atoms with Crippen LogP contribution in [0.15, 0.2) is 10.6 Å². The van der Waals surface area contributed by atoms with Crippen LogP contribution in [0.25, 0.3) is 0 Å². The number of carboxylic acids is 1. The molecule has 0 rings (SSSR count). The van der Waals surface area contributed by atoms with Gasteiger partial charge >= 0.3 is 5.97 Å². The predicted octanol–water partition coefficient (Wildman–Crippen LogP) is 0.211. The van der Waals surface area contributed by atoms with Crippen LogP contribution < -0.4 is 5.73 Å². The Kier molecular flexibility index (Phi) is 2.95. The van der Waals surface area contributed by atoms with E-state index in [2.05, 4.69) is 12.6 Å². The molecule has 0 spiro atoms. The summed E-state index contributed by atoms with van der Waals surface area (Å²) in [5.74, 6) is -1.22. The standard InChI is InChI=1S/C5H8N2O2S/c1-2(6)3(4(7)10)5(8)9/h6,10H,7H2,1H3,(H,8,9)/b4-3+,6-2?. The largest absolute Gasteiger partial charge is 0.478 e. The average molecular weight is 160 g/mol. The third kappa shape index (κ3) is 2.10. The van der Waals surface area contributed by atoms with Crippen molar-refractivity contribution in [2.75, 3.05) is 0 Å². The Morgan fingerprint density at radius 1 is 1.70 bits per heavy atom. The topological polar surface area (TPSA) is 87.2 Å². The highest BCUT2D eigenvalue weighted by Crippen LogP contribution is 2.03. The first-order valence-electron chi connectivity index (χ1n) is 2.44. The maximum absolute atomic E-state index is 10.3. The summed E-state index contributed by atoms with van der Waals surface area (Å²) in [5.41, 5.74) is 4.72. The molecule has 0 aromatic carbocycles. The number of hydrogen-bond acceptors (Lipinski definition) is 4. The minimum atomic E-state index is -1.22. The molecule has 0 aliphatic heterocycles. The van der Waals surface area contributed by atoms with E-state index in [0.29, 0.717) is 0 Å². The number of rotatable bonds is 2. The number of aliphatic carboxylic acids is 1. The van der Waals surface area contributed by atoms with E-state index in [1.165, 1.54) is 6.92 Å². The van der Waals surface area contributed by atoms with Crippen molar-refractivity contribution in [3.63, 3.8) is 0 Å². The van der Waals surface area contributed by atoms with E-state index >= 15 is 0 Å². The average Bonchev–Trinajstić information content (AvgIpc) is 1.59. The number of nitrogens with two attached hydrogens (primary N) is 1. The van der Waals surface area contributed by atoms with Gasteiger partial charge in [0.2, 0.25) is 0 Å². The second kappa shape index (κ2) is 3.26. The Balaban J connectivity index is 4.79. The van der Waals surface area contributed by atoms with Crippen LogP contribution in [0.2, 0.25) is 0 Å². The lowest BCUT2D eigenvalue weighted by atomic mass is 10.2. The van der Waals surface area contributed by atoms with Crippen molar-refractivity contribution in [2.45, 2.75) is 6.92 Å². The van der Waals surface area contributed by atoms with Gasteiger partial charge in [0.05, 0.1) is 5.03 Å². The molecule has 0 saturated heterocycles. The van der Waals surface area contributed by atoms with Crippen LogP contribution in [0.3, 0.4) is 0 Å². The monoisotopic (exact) mass is 160 g/mol. The number of nitrogens with one attached hydrogen (secondary N) is 1. The summed E-state index contributed by atoms with van der Waals surface area (Å²) >= 11 is 3.61. The fraction of sp³-hybridized carbons (Fsp3) is 0.200. The van der Waals surface area contributed by atoms with E-state index in [-0.39, 0.29) is 16.3 Å². The van der Waals surface area contributed by atoms with Crippen LogP contribution in [0.4, 0.5) is 0 Å². The molecule has 56 valence electrons. The fourth-order valence-corrected chi connectivity index (χ4v) is 0.725. The highest BCUT2D eigenvalue weighted by atomic mass is 32.1. The van der Waals surface area contributed by atoms with E-state index in [1.54, 1.807) is 0 Å². The van der Waals surface area contributed by atoms with Crippen molar-refractivity contribution >= 4 is 24.3 Å². The zero-order valence-electron chi connectivity index (χ0n) is 5.38. The summed E-state index contributed by atoms with van der Waals surface area (Å²) in [6, 6.07) is 0. The van der Waals surface area contributed by atoms with Crippen molar-refractivity contribution in [2.24, 2.45) is 5.73 Å². The molecule has 0 amide bonds. The molecule has 4 nitrogen and oxygen atoms in total. The summed E-state index contributed by atoms with van der Waals surface area (Å²) in [5, 5.41) is 15.2. The van der Waals surface area contributed by atoms with Gasteiger partial charge in [-0.1, -0.05) is 0 Å². The van der Waals surface area contributed by atoms with Gasteiger partial charge in [-0.25, -0.2) is 4.79 Å².